The van der Waals surface area contributed by atoms with Gasteiger partial charge in [-0.15, -0.1) is 0 Å². The van der Waals surface area contributed by atoms with Gasteiger partial charge in [0.05, 0.1) is 12.0 Å². The van der Waals surface area contributed by atoms with Gasteiger partial charge in [0, 0.05) is 23.6 Å². The molecule has 26 heavy (non-hydrogen) atoms. The van der Waals surface area contributed by atoms with Crippen molar-refractivity contribution in [1.82, 2.24) is 9.71 Å². The predicted octanol–water partition coefficient (Wildman–Crippen LogP) is 3.45. The van der Waals surface area contributed by atoms with Crippen molar-refractivity contribution in [3.05, 3.63) is 59.0 Å². The topological polar surface area (TPSA) is 71.2 Å². The number of aromatic amines is 1. The second-order valence-corrected chi connectivity index (χ2v) is 7.97. The van der Waals surface area contributed by atoms with Gasteiger partial charge in [-0.3, -0.25) is 0 Å². The highest BCUT2D eigenvalue weighted by molar-refractivity contribution is 7.89. The average Bonchev–Trinajstić information content (AvgIpc) is 2.98. The summed E-state index contributed by atoms with van der Waals surface area (Å²) in [5.41, 5.74) is 3.07. The van der Waals surface area contributed by atoms with Crippen LogP contribution in [0.2, 0.25) is 0 Å². The van der Waals surface area contributed by atoms with Crippen LogP contribution in [0.1, 0.15) is 16.7 Å². The van der Waals surface area contributed by atoms with Crippen molar-refractivity contribution in [2.45, 2.75) is 25.2 Å². The zero-order valence-corrected chi connectivity index (χ0v) is 15.7. The molecule has 138 valence electrons. The lowest BCUT2D eigenvalue weighted by Gasteiger charge is -2.12. The van der Waals surface area contributed by atoms with Crippen molar-refractivity contribution in [3.63, 3.8) is 0 Å². The quantitative estimate of drug-likeness (QED) is 0.692. The molecule has 0 saturated carbocycles. The summed E-state index contributed by atoms with van der Waals surface area (Å²) in [5.74, 6) is 0.338. The molecule has 0 bridgehead atoms. The van der Waals surface area contributed by atoms with Gasteiger partial charge in [-0.2, -0.15) is 0 Å². The van der Waals surface area contributed by atoms with Crippen molar-refractivity contribution in [3.8, 4) is 5.75 Å². The third kappa shape index (κ3) is 3.59. The van der Waals surface area contributed by atoms with Crippen LogP contribution < -0.4 is 9.46 Å². The molecule has 0 aliphatic heterocycles. The van der Waals surface area contributed by atoms with E-state index in [0.29, 0.717) is 17.7 Å². The predicted molar refractivity (Wildman–Crippen MR) is 99.6 cm³/mol. The van der Waals surface area contributed by atoms with Gasteiger partial charge in [-0.25, -0.2) is 17.5 Å². The highest BCUT2D eigenvalue weighted by Crippen LogP contribution is 2.25. The molecule has 0 atom stereocenters. The Bertz CT molecular complexity index is 1060. The monoisotopic (exact) mass is 376 g/mol. The van der Waals surface area contributed by atoms with Gasteiger partial charge >= 0.3 is 0 Å². The summed E-state index contributed by atoms with van der Waals surface area (Å²) >= 11 is 0. The Kier molecular flexibility index (Phi) is 5.02. The van der Waals surface area contributed by atoms with Gasteiger partial charge in [0.25, 0.3) is 0 Å². The Balaban J connectivity index is 1.76. The lowest BCUT2D eigenvalue weighted by Crippen LogP contribution is -2.26. The fourth-order valence-electron chi connectivity index (χ4n) is 3.03. The fraction of sp³-hybridized carbons (Fsp3) is 0.263. The molecule has 0 fully saturated rings. The largest absolute Gasteiger partial charge is 0.496 e. The van der Waals surface area contributed by atoms with E-state index in [9.17, 15) is 12.8 Å². The Hall–Kier alpha value is -2.38. The summed E-state index contributed by atoms with van der Waals surface area (Å²) in [6.45, 7) is 3.76. The first-order valence-corrected chi connectivity index (χ1v) is 9.70. The van der Waals surface area contributed by atoms with Crippen molar-refractivity contribution in [2.24, 2.45) is 0 Å². The van der Waals surface area contributed by atoms with Crippen molar-refractivity contribution < 1.29 is 17.5 Å². The van der Waals surface area contributed by atoms with Gasteiger partial charge in [-0.05, 0) is 67.3 Å². The number of sulfonamides is 1. The molecule has 3 rings (SSSR count). The smallest absolute Gasteiger partial charge is 0.240 e. The Morgan fingerprint density at radius 2 is 1.92 bits per heavy atom. The van der Waals surface area contributed by atoms with E-state index in [1.54, 1.807) is 45.4 Å². The number of benzene rings is 2. The molecule has 3 aromatic rings. The van der Waals surface area contributed by atoms with Crippen LogP contribution in [0.5, 0.6) is 5.75 Å². The number of hydrogen-bond donors (Lipinski definition) is 2. The maximum atomic E-state index is 13.4. The number of methoxy groups -OCH3 is 1. The van der Waals surface area contributed by atoms with Gasteiger partial charge in [0.1, 0.15) is 11.6 Å². The molecular weight excluding hydrogens is 355 g/mol. The summed E-state index contributed by atoms with van der Waals surface area (Å²) in [7, 11) is -2.09. The summed E-state index contributed by atoms with van der Waals surface area (Å²) in [6.07, 6.45) is 2.23. The summed E-state index contributed by atoms with van der Waals surface area (Å²) in [4.78, 5) is 3.30. The Labute approximate surface area is 152 Å². The average molecular weight is 376 g/mol. The molecule has 0 aliphatic carbocycles. The third-order valence-electron chi connectivity index (χ3n) is 4.40. The van der Waals surface area contributed by atoms with Crippen LogP contribution >= 0.6 is 0 Å². The van der Waals surface area contributed by atoms with E-state index < -0.39 is 10.0 Å². The number of nitrogens with one attached hydrogen (secondary N) is 2. The minimum atomic E-state index is -3.64. The van der Waals surface area contributed by atoms with Crippen LogP contribution in [-0.4, -0.2) is 27.1 Å². The maximum absolute atomic E-state index is 13.4. The molecule has 7 heteroatoms. The van der Waals surface area contributed by atoms with Crippen molar-refractivity contribution in [2.75, 3.05) is 13.7 Å². The zero-order valence-electron chi connectivity index (χ0n) is 14.9. The SMILES string of the molecule is COc1cc(C)c(S(=O)(=O)NCCc2c[nH]c3ccc(F)cc23)cc1C. The van der Waals surface area contributed by atoms with E-state index in [1.807, 2.05) is 0 Å². The van der Waals surface area contributed by atoms with E-state index in [-0.39, 0.29) is 17.3 Å². The van der Waals surface area contributed by atoms with E-state index in [0.717, 1.165) is 22.0 Å². The molecule has 0 saturated heterocycles. The third-order valence-corrected chi connectivity index (χ3v) is 6.00. The number of halogens is 1. The summed E-state index contributed by atoms with van der Waals surface area (Å²) in [5, 5.41) is 0.765. The maximum Gasteiger partial charge on any atom is 0.240 e. The molecule has 1 heterocycles. The van der Waals surface area contributed by atoms with E-state index in [2.05, 4.69) is 9.71 Å². The minimum absolute atomic E-state index is 0.219. The second-order valence-electron chi connectivity index (χ2n) is 6.24. The van der Waals surface area contributed by atoms with Gasteiger partial charge in [0.15, 0.2) is 0 Å². The second kappa shape index (κ2) is 7.09. The minimum Gasteiger partial charge on any atom is -0.496 e. The standard InChI is InChI=1S/C19H21FN2O3S/c1-12-9-19(13(2)8-18(12)25-3)26(23,24)22-7-6-14-11-21-17-5-4-15(20)10-16(14)17/h4-5,8-11,21-22H,6-7H2,1-3H3. The molecule has 5 nitrogen and oxygen atoms in total. The first kappa shape index (κ1) is 18.4. The van der Waals surface area contributed by atoms with E-state index >= 15 is 0 Å². The number of aromatic nitrogens is 1. The lowest BCUT2D eigenvalue weighted by molar-refractivity contribution is 0.411. The Morgan fingerprint density at radius 3 is 2.65 bits per heavy atom. The van der Waals surface area contributed by atoms with E-state index in [1.165, 1.54) is 12.1 Å². The summed E-state index contributed by atoms with van der Waals surface area (Å²) < 4.78 is 46.5. The van der Waals surface area contributed by atoms with Crippen LogP contribution in [0, 0.1) is 19.7 Å². The van der Waals surface area contributed by atoms with Gasteiger partial charge < -0.3 is 9.72 Å². The molecule has 2 N–H and O–H groups in total. The zero-order chi connectivity index (χ0) is 18.9. The number of hydrogen-bond acceptors (Lipinski definition) is 3. The first-order valence-electron chi connectivity index (χ1n) is 8.22. The van der Waals surface area contributed by atoms with Crippen molar-refractivity contribution in [1.29, 1.82) is 0 Å². The van der Waals surface area contributed by atoms with Crippen LogP contribution in [-0.2, 0) is 16.4 Å². The number of fused-ring (bicyclic) bond motifs is 1. The molecule has 0 amide bonds. The van der Waals surface area contributed by atoms with Gasteiger partial charge in [0.2, 0.25) is 10.0 Å². The van der Waals surface area contributed by atoms with Crippen LogP contribution in [0.15, 0.2) is 41.4 Å². The van der Waals surface area contributed by atoms with Crippen molar-refractivity contribution >= 4 is 20.9 Å². The van der Waals surface area contributed by atoms with Crippen LogP contribution in [0.3, 0.4) is 0 Å². The molecule has 1 aromatic heterocycles. The van der Waals surface area contributed by atoms with Crippen LogP contribution in [0.25, 0.3) is 10.9 Å². The number of ether oxygens (including phenoxy) is 1. The Morgan fingerprint density at radius 1 is 1.15 bits per heavy atom. The molecule has 2 aromatic carbocycles. The number of aryl methyl sites for hydroxylation is 2. The first-order chi connectivity index (χ1) is 12.3. The highest BCUT2D eigenvalue weighted by Gasteiger charge is 2.18. The molecular formula is C19H21FN2O3S. The molecule has 0 aliphatic rings. The van der Waals surface area contributed by atoms with Gasteiger partial charge in [-0.1, -0.05) is 0 Å². The normalized spacial score (nSPS) is 11.8. The number of rotatable bonds is 6. The molecule has 0 radical (unpaired) electrons. The lowest BCUT2D eigenvalue weighted by atomic mass is 10.1. The fourth-order valence-corrected chi connectivity index (χ4v) is 4.37. The molecule has 0 unspecified atom stereocenters. The molecule has 0 spiro atoms. The van der Waals surface area contributed by atoms with Crippen LogP contribution in [0.4, 0.5) is 4.39 Å². The highest BCUT2D eigenvalue weighted by atomic mass is 32.2. The number of H-pyrrole nitrogens is 1. The summed E-state index contributed by atoms with van der Waals surface area (Å²) in [6, 6.07) is 7.83. The van der Waals surface area contributed by atoms with E-state index in [4.69, 9.17) is 4.74 Å².